The molecule has 2 rings (SSSR count). The fraction of sp³-hybridized carbons (Fsp3) is 0.938. The van der Waals surface area contributed by atoms with Gasteiger partial charge in [0.05, 0.1) is 0 Å². The van der Waals surface area contributed by atoms with Gasteiger partial charge in [0.1, 0.15) is 0 Å². The van der Waals surface area contributed by atoms with Gasteiger partial charge in [-0.15, -0.1) is 0 Å². The lowest BCUT2D eigenvalue weighted by atomic mass is 9.93. The van der Waals surface area contributed by atoms with E-state index in [1.807, 2.05) is 0 Å². The van der Waals surface area contributed by atoms with E-state index < -0.39 is 0 Å². The van der Waals surface area contributed by atoms with Gasteiger partial charge in [0.15, 0.2) is 0 Å². The maximum Gasteiger partial charge on any atom is 0.221 e. The maximum absolute atomic E-state index is 11.7. The Morgan fingerprint density at radius 3 is 2.80 bits per heavy atom. The lowest BCUT2D eigenvalue weighted by molar-refractivity contribution is -0.121. The van der Waals surface area contributed by atoms with Gasteiger partial charge in [-0.05, 0) is 44.1 Å². The molecule has 1 saturated heterocycles. The molecule has 0 spiro atoms. The summed E-state index contributed by atoms with van der Waals surface area (Å²) in [5, 5.41) is 10.2. The van der Waals surface area contributed by atoms with Crippen LogP contribution in [0.2, 0.25) is 0 Å². The molecule has 1 aliphatic carbocycles. The van der Waals surface area contributed by atoms with Crippen molar-refractivity contribution in [2.45, 2.75) is 64.5 Å². The van der Waals surface area contributed by atoms with Crippen LogP contribution in [0.3, 0.4) is 0 Å². The van der Waals surface area contributed by atoms with Crippen LogP contribution in [0.15, 0.2) is 0 Å². The van der Waals surface area contributed by atoms with E-state index in [1.54, 1.807) is 0 Å². The van der Waals surface area contributed by atoms with E-state index in [0.717, 1.165) is 19.0 Å². The van der Waals surface area contributed by atoms with Crippen molar-refractivity contribution in [3.05, 3.63) is 0 Å². The lowest BCUT2D eigenvalue weighted by Gasteiger charge is -2.26. The van der Waals surface area contributed by atoms with Crippen LogP contribution < -0.4 is 16.0 Å². The first-order valence-corrected chi connectivity index (χ1v) is 8.40. The Morgan fingerprint density at radius 1 is 1.25 bits per heavy atom. The second-order valence-corrected chi connectivity index (χ2v) is 6.81. The first kappa shape index (κ1) is 15.8. The zero-order chi connectivity index (χ0) is 14.4. The molecule has 1 amide bonds. The predicted molar refractivity (Wildman–Crippen MR) is 82.6 cm³/mol. The fourth-order valence-electron chi connectivity index (χ4n) is 3.58. The van der Waals surface area contributed by atoms with Gasteiger partial charge in [-0.25, -0.2) is 0 Å². The van der Waals surface area contributed by atoms with E-state index in [4.69, 9.17) is 0 Å². The van der Waals surface area contributed by atoms with Crippen LogP contribution in [0.5, 0.6) is 0 Å². The molecule has 0 aromatic carbocycles. The van der Waals surface area contributed by atoms with E-state index in [9.17, 15) is 4.79 Å². The van der Waals surface area contributed by atoms with Crippen LogP contribution in [0.25, 0.3) is 0 Å². The highest BCUT2D eigenvalue weighted by molar-refractivity contribution is 5.76. The van der Waals surface area contributed by atoms with E-state index >= 15 is 0 Å². The van der Waals surface area contributed by atoms with Gasteiger partial charge in [-0.1, -0.05) is 20.3 Å². The molecule has 3 atom stereocenters. The van der Waals surface area contributed by atoms with Crippen LogP contribution in [0.1, 0.15) is 52.4 Å². The third-order valence-electron chi connectivity index (χ3n) is 4.65. The van der Waals surface area contributed by atoms with Crippen molar-refractivity contribution in [1.29, 1.82) is 0 Å². The molecule has 116 valence electrons. The zero-order valence-corrected chi connectivity index (χ0v) is 13.1. The highest BCUT2D eigenvalue weighted by Gasteiger charge is 2.34. The topological polar surface area (TPSA) is 53.2 Å². The Hall–Kier alpha value is -0.610. The number of rotatable bonds is 7. The minimum Gasteiger partial charge on any atom is -0.356 e. The molecule has 20 heavy (non-hydrogen) atoms. The first-order chi connectivity index (χ1) is 9.66. The van der Waals surface area contributed by atoms with E-state index in [1.165, 1.54) is 38.6 Å². The van der Waals surface area contributed by atoms with Gasteiger partial charge in [0.25, 0.3) is 0 Å². The zero-order valence-electron chi connectivity index (χ0n) is 13.1. The summed E-state index contributed by atoms with van der Waals surface area (Å²) < 4.78 is 0. The summed E-state index contributed by atoms with van der Waals surface area (Å²) in [6, 6.07) is 1.33. The molecule has 3 unspecified atom stereocenters. The molecule has 0 aromatic rings. The highest BCUT2D eigenvalue weighted by atomic mass is 16.1. The summed E-state index contributed by atoms with van der Waals surface area (Å²) in [6.45, 7) is 7.03. The second-order valence-electron chi connectivity index (χ2n) is 6.81. The normalized spacial score (nSPS) is 30.1. The standard InChI is InChI=1S/C16H31N3O/c1-12(2)11-19-16(20)8-10-18-14-6-3-5-13(14)15-7-4-9-17-15/h12-15,17-18H,3-11H2,1-2H3,(H,19,20). The number of amides is 1. The van der Waals surface area contributed by atoms with Gasteiger partial charge < -0.3 is 16.0 Å². The van der Waals surface area contributed by atoms with Gasteiger partial charge in [-0.3, -0.25) is 4.79 Å². The predicted octanol–water partition coefficient (Wildman–Crippen LogP) is 1.66. The van der Waals surface area contributed by atoms with Crippen molar-refractivity contribution in [3.63, 3.8) is 0 Å². The molecular weight excluding hydrogens is 250 g/mol. The number of carbonyl (C=O) groups excluding carboxylic acids is 1. The van der Waals surface area contributed by atoms with Crippen molar-refractivity contribution >= 4 is 5.91 Å². The van der Waals surface area contributed by atoms with E-state index in [-0.39, 0.29) is 5.91 Å². The number of nitrogens with one attached hydrogen (secondary N) is 3. The first-order valence-electron chi connectivity index (χ1n) is 8.40. The van der Waals surface area contributed by atoms with Crippen LogP contribution in [-0.2, 0) is 4.79 Å². The smallest absolute Gasteiger partial charge is 0.221 e. The van der Waals surface area contributed by atoms with Crippen molar-refractivity contribution in [3.8, 4) is 0 Å². The average Bonchev–Trinajstić information content (AvgIpc) is 3.06. The molecular formula is C16H31N3O. The van der Waals surface area contributed by atoms with Crippen LogP contribution in [0, 0.1) is 11.8 Å². The van der Waals surface area contributed by atoms with Crippen LogP contribution in [0.4, 0.5) is 0 Å². The van der Waals surface area contributed by atoms with Crippen molar-refractivity contribution in [2.75, 3.05) is 19.6 Å². The highest BCUT2D eigenvalue weighted by Crippen LogP contribution is 2.31. The Balaban J connectivity index is 1.64. The van der Waals surface area contributed by atoms with Crippen molar-refractivity contribution in [2.24, 2.45) is 11.8 Å². The Bertz CT molecular complexity index is 300. The molecule has 2 aliphatic rings. The second kappa shape index (κ2) is 7.99. The molecule has 0 bridgehead atoms. The average molecular weight is 281 g/mol. The Morgan fingerprint density at radius 2 is 2.10 bits per heavy atom. The summed E-state index contributed by atoms with van der Waals surface area (Å²) in [5.74, 6) is 1.48. The van der Waals surface area contributed by atoms with Gasteiger partial charge in [-0.2, -0.15) is 0 Å². The van der Waals surface area contributed by atoms with E-state index in [2.05, 4.69) is 29.8 Å². The molecule has 4 nitrogen and oxygen atoms in total. The molecule has 1 heterocycles. The summed E-state index contributed by atoms with van der Waals surface area (Å²) in [4.78, 5) is 11.7. The van der Waals surface area contributed by atoms with Crippen LogP contribution >= 0.6 is 0 Å². The molecule has 0 aromatic heterocycles. The minimum atomic E-state index is 0.180. The SMILES string of the molecule is CC(C)CNC(=O)CCNC1CCCC1C1CCCN1. The quantitative estimate of drug-likeness (QED) is 0.665. The maximum atomic E-state index is 11.7. The molecule has 1 aliphatic heterocycles. The molecule has 2 fully saturated rings. The summed E-state index contributed by atoms with van der Waals surface area (Å²) in [7, 11) is 0. The van der Waals surface area contributed by atoms with Crippen molar-refractivity contribution in [1.82, 2.24) is 16.0 Å². The number of hydrogen-bond acceptors (Lipinski definition) is 3. The summed E-state index contributed by atoms with van der Waals surface area (Å²) in [5.41, 5.74) is 0. The molecule has 1 saturated carbocycles. The summed E-state index contributed by atoms with van der Waals surface area (Å²) in [6.07, 6.45) is 7.21. The fourth-order valence-corrected chi connectivity index (χ4v) is 3.58. The van der Waals surface area contributed by atoms with Gasteiger partial charge >= 0.3 is 0 Å². The third-order valence-corrected chi connectivity index (χ3v) is 4.65. The summed E-state index contributed by atoms with van der Waals surface area (Å²) >= 11 is 0. The van der Waals surface area contributed by atoms with E-state index in [0.29, 0.717) is 24.4 Å². The molecule has 4 heteroatoms. The molecule has 3 N–H and O–H groups in total. The van der Waals surface area contributed by atoms with Crippen LogP contribution in [-0.4, -0.2) is 37.6 Å². The lowest BCUT2D eigenvalue weighted by Crippen LogP contribution is -2.43. The largest absolute Gasteiger partial charge is 0.356 e. The van der Waals surface area contributed by atoms with Gasteiger partial charge in [0.2, 0.25) is 5.91 Å². The van der Waals surface area contributed by atoms with Gasteiger partial charge in [0, 0.05) is 31.6 Å². The molecule has 0 radical (unpaired) electrons. The Kier molecular flexibility index (Phi) is 6.30. The van der Waals surface area contributed by atoms with Crippen molar-refractivity contribution < 1.29 is 4.79 Å². The monoisotopic (exact) mass is 281 g/mol. The minimum absolute atomic E-state index is 0.180. The number of hydrogen-bond donors (Lipinski definition) is 3. The Labute approximate surface area is 123 Å². The number of carbonyl (C=O) groups is 1. The third kappa shape index (κ3) is 4.74.